The molecule has 1 aromatic rings. The molecular weight excluding hydrogens is 246 g/mol. The van der Waals surface area contributed by atoms with E-state index < -0.39 is 0 Å². The molecule has 0 saturated carbocycles. The van der Waals surface area contributed by atoms with Crippen molar-refractivity contribution in [3.63, 3.8) is 0 Å². The molecule has 0 radical (unpaired) electrons. The maximum Gasteiger partial charge on any atom is 0.122 e. The average Bonchev–Trinajstić information content (AvgIpc) is 2.74. The smallest absolute Gasteiger partial charge is 0.122 e. The summed E-state index contributed by atoms with van der Waals surface area (Å²) < 4.78 is 5.81. The van der Waals surface area contributed by atoms with Gasteiger partial charge < -0.3 is 10.1 Å². The summed E-state index contributed by atoms with van der Waals surface area (Å²) in [6, 6.07) is 8.63. The van der Waals surface area contributed by atoms with E-state index >= 15 is 0 Å². The van der Waals surface area contributed by atoms with Crippen LogP contribution in [0.4, 0.5) is 0 Å². The number of benzene rings is 1. The van der Waals surface area contributed by atoms with Crippen molar-refractivity contribution in [2.75, 3.05) is 13.2 Å². The van der Waals surface area contributed by atoms with Crippen LogP contribution in [-0.2, 0) is 0 Å². The summed E-state index contributed by atoms with van der Waals surface area (Å²) in [5.41, 5.74) is 1.78. The van der Waals surface area contributed by atoms with E-state index in [0.29, 0.717) is 11.5 Å². The van der Waals surface area contributed by atoms with Crippen molar-refractivity contribution in [1.29, 1.82) is 0 Å². The second kappa shape index (κ2) is 6.17. The molecule has 1 saturated heterocycles. The lowest BCUT2D eigenvalue weighted by Crippen LogP contribution is -2.45. The number of ether oxygens (including phenoxy) is 1. The summed E-state index contributed by atoms with van der Waals surface area (Å²) in [4.78, 5) is 0. The highest BCUT2D eigenvalue weighted by Gasteiger charge is 2.34. The van der Waals surface area contributed by atoms with E-state index in [1.165, 1.54) is 57.1 Å². The van der Waals surface area contributed by atoms with Gasteiger partial charge in [0.05, 0.1) is 6.61 Å². The Morgan fingerprint density at radius 3 is 3.05 bits per heavy atom. The number of hydrogen-bond acceptors (Lipinski definition) is 2. The number of rotatable bonds is 3. The number of fused-ring (bicyclic) bond motifs is 1. The quantitative estimate of drug-likeness (QED) is 0.888. The van der Waals surface area contributed by atoms with Crippen LogP contribution in [0.2, 0.25) is 0 Å². The van der Waals surface area contributed by atoms with Crippen molar-refractivity contribution < 1.29 is 4.74 Å². The Hall–Kier alpha value is -1.02. The highest BCUT2D eigenvalue weighted by atomic mass is 16.5. The van der Waals surface area contributed by atoms with Crippen LogP contribution in [0, 0.1) is 0 Å². The summed E-state index contributed by atoms with van der Waals surface area (Å²) in [5.74, 6) is 1.77. The molecule has 0 bridgehead atoms. The van der Waals surface area contributed by atoms with Crippen LogP contribution in [0.25, 0.3) is 0 Å². The zero-order valence-corrected chi connectivity index (χ0v) is 12.7. The van der Waals surface area contributed by atoms with Crippen LogP contribution in [0.15, 0.2) is 24.3 Å². The SMILES string of the molecule is CCC1(CC2CCOc3ccccc32)CCCCCN1. The molecule has 2 aliphatic heterocycles. The Morgan fingerprint density at radius 2 is 2.15 bits per heavy atom. The molecule has 1 N–H and O–H groups in total. The average molecular weight is 273 g/mol. The molecule has 2 unspecified atom stereocenters. The third kappa shape index (κ3) is 2.85. The first-order valence-corrected chi connectivity index (χ1v) is 8.30. The molecule has 1 aromatic carbocycles. The monoisotopic (exact) mass is 273 g/mol. The Labute approximate surface area is 122 Å². The highest BCUT2D eigenvalue weighted by Crippen LogP contribution is 2.40. The molecule has 110 valence electrons. The lowest BCUT2D eigenvalue weighted by atomic mass is 9.77. The summed E-state index contributed by atoms with van der Waals surface area (Å²) in [6.45, 7) is 4.42. The summed E-state index contributed by atoms with van der Waals surface area (Å²) in [5, 5.41) is 3.88. The zero-order valence-electron chi connectivity index (χ0n) is 12.7. The van der Waals surface area contributed by atoms with Gasteiger partial charge in [-0.05, 0) is 56.2 Å². The fraction of sp³-hybridized carbons (Fsp3) is 0.667. The minimum absolute atomic E-state index is 0.353. The predicted molar refractivity (Wildman–Crippen MR) is 83.4 cm³/mol. The van der Waals surface area contributed by atoms with Gasteiger partial charge in [0, 0.05) is 5.54 Å². The molecule has 0 aliphatic carbocycles. The van der Waals surface area contributed by atoms with Gasteiger partial charge in [-0.15, -0.1) is 0 Å². The molecule has 2 nitrogen and oxygen atoms in total. The molecule has 3 rings (SSSR count). The van der Waals surface area contributed by atoms with Gasteiger partial charge in [-0.25, -0.2) is 0 Å². The van der Waals surface area contributed by atoms with Gasteiger partial charge in [0.2, 0.25) is 0 Å². The second-order valence-corrected chi connectivity index (χ2v) is 6.45. The lowest BCUT2D eigenvalue weighted by Gasteiger charge is -2.38. The molecule has 1 fully saturated rings. The number of para-hydroxylation sites is 1. The Kier molecular flexibility index (Phi) is 4.30. The fourth-order valence-corrected chi connectivity index (χ4v) is 3.93. The zero-order chi connectivity index (χ0) is 13.8. The van der Waals surface area contributed by atoms with Crippen LogP contribution in [0.3, 0.4) is 0 Å². The predicted octanol–water partition coefficient (Wildman–Crippen LogP) is 4.26. The minimum Gasteiger partial charge on any atom is -0.493 e. The topological polar surface area (TPSA) is 21.3 Å². The normalized spacial score (nSPS) is 30.1. The van der Waals surface area contributed by atoms with Crippen molar-refractivity contribution in [3.8, 4) is 5.75 Å². The number of hydrogen-bond donors (Lipinski definition) is 1. The van der Waals surface area contributed by atoms with Gasteiger partial charge in [-0.1, -0.05) is 38.0 Å². The first kappa shape index (κ1) is 13.9. The fourth-order valence-electron chi connectivity index (χ4n) is 3.93. The minimum atomic E-state index is 0.353. The van der Waals surface area contributed by atoms with Gasteiger partial charge in [-0.3, -0.25) is 0 Å². The van der Waals surface area contributed by atoms with Crippen LogP contribution in [-0.4, -0.2) is 18.7 Å². The third-order valence-corrected chi connectivity index (χ3v) is 5.23. The molecule has 0 aromatic heterocycles. The molecule has 0 amide bonds. The Morgan fingerprint density at radius 1 is 1.25 bits per heavy atom. The van der Waals surface area contributed by atoms with Crippen molar-refractivity contribution in [1.82, 2.24) is 5.32 Å². The molecule has 0 spiro atoms. The second-order valence-electron chi connectivity index (χ2n) is 6.45. The van der Waals surface area contributed by atoms with Crippen LogP contribution < -0.4 is 10.1 Å². The van der Waals surface area contributed by atoms with Crippen molar-refractivity contribution in [3.05, 3.63) is 29.8 Å². The van der Waals surface area contributed by atoms with Crippen LogP contribution in [0.5, 0.6) is 5.75 Å². The Balaban J connectivity index is 1.79. The number of nitrogens with one attached hydrogen (secondary N) is 1. The Bertz CT molecular complexity index is 435. The van der Waals surface area contributed by atoms with E-state index in [9.17, 15) is 0 Å². The van der Waals surface area contributed by atoms with Gasteiger partial charge in [-0.2, -0.15) is 0 Å². The molecule has 2 atom stereocenters. The summed E-state index contributed by atoms with van der Waals surface area (Å²) >= 11 is 0. The molecule has 20 heavy (non-hydrogen) atoms. The van der Waals surface area contributed by atoms with Crippen molar-refractivity contribution in [2.24, 2.45) is 0 Å². The van der Waals surface area contributed by atoms with E-state index in [0.717, 1.165) is 12.4 Å². The van der Waals surface area contributed by atoms with E-state index in [4.69, 9.17) is 4.74 Å². The van der Waals surface area contributed by atoms with Crippen LogP contribution in [0.1, 0.15) is 63.4 Å². The maximum atomic E-state index is 5.81. The van der Waals surface area contributed by atoms with E-state index in [1.54, 1.807) is 0 Å². The van der Waals surface area contributed by atoms with Gasteiger partial charge in [0.15, 0.2) is 0 Å². The molecular formula is C18H27NO. The van der Waals surface area contributed by atoms with Gasteiger partial charge >= 0.3 is 0 Å². The molecule has 2 heteroatoms. The standard InChI is InChI=1S/C18H27NO/c1-2-18(11-6-3-7-12-19-18)14-15-10-13-20-17-9-5-4-8-16(15)17/h4-5,8-9,15,19H,2-3,6-7,10-14H2,1H3. The van der Waals surface area contributed by atoms with Gasteiger partial charge in [0.25, 0.3) is 0 Å². The molecule has 2 heterocycles. The summed E-state index contributed by atoms with van der Waals surface area (Å²) in [6.07, 6.45) is 9.12. The molecule has 2 aliphatic rings. The maximum absolute atomic E-state index is 5.81. The van der Waals surface area contributed by atoms with Crippen LogP contribution >= 0.6 is 0 Å². The van der Waals surface area contributed by atoms with Crippen molar-refractivity contribution in [2.45, 2.75) is 63.3 Å². The largest absolute Gasteiger partial charge is 0.493 e. The first-order chi connectivity index (χ1) is 9.83. The summed E-state index contributed by atoms with van der Waals surface area (Å²) in [7, 11) is 0. The van der Waals surface area contributed by atoms with E-state index in [1.807, 2.05) is 0 Å². The lowest BCUT2D eigenvalue weighted by molar-refractivity contribution is 0.213. The third-order valence-electron chi connectivity index (χ3n) is 5.23. The highest BCUT2D eigenvalue weighted by molar-refractivity contribution is 5.38. The van der Waals surface area contributed by atoms with Gasteiger partial charge in [0.1, 0.15) is 5.75 Å². The van der Waals surface area contributed by atoms with E-state index in [2.05, 4.69) is 36.5 Å². The first-order valence-electron chi connectivity index (χ1n) is 8.30. The van der Waals surface area contributed by atoms with E-state index in [-0.39, 0.29) is 0 Å². The van der Waals surface area contributed by atoms with Crippen molar-refractivity contribution >= 4 is 0 Å².